The number of rotatable bonds is 1. The first-order valence-electron chi connectivity index (χ1n) is 10.6. The van der Waals surface area contributed by atoms with Crippen LogP contribution in [0.4, 0.5) is 0 Å². The van der Waals surface area contributed by atoms with E-state index in [2.05, 4.69) is 18.7 Å². The molecule has 6 rings (SSSR count). The molecule has 140 valence electrons. The van der Waals surface area contributed by atoms with Crippen molar-refractivity contribution in [2.45, 2.75) is 58.4 Å². The minimum absolute atomic E-state index is 0.0510. The summed E-state index contributed by atoms with van der Waals surface area (Å²) in [5.74, 6) is 0.657. The van der Waals surface area contributed by atoms with Crippen molar-refractivity contribution < 1.29 is 14.7 Å². The Labute approximate surface area is 155 Å². The highest BCUT2D eigenvalue weighted by Crippen LogP contribution is 2.74. The fourth-order valence-corrected chi connectivity index (χ4v) is 8.87. The van der Waals surface area contributed by atoms with Crippen molar-refractivity contribution in [3.8, 4) is 0 Å². The number of hydrogen-bond acceptors (Lipinski definition) is 3. The molecule has 0 aromatic rings. The van der Waals surface area contributed by atoms with E-state index < -0.39 is 11.4 Å². The van der Waals surface area contributed by atoms with Crippen LogP contribution in [0.25, 0.3) is 0 Å². The predicted octanol–water partition coefficient (Wildman–Crippen LogP) is 3.12. The summed E-state index contributed by atoms with van der Waals surface area (Å²) in [6, 6.07) is 0.479. The molecule has 2 saturated carbocycles. The van der Waals surface area contributed by atoms with E-state index in [1.165, 1.54) is 17.6 Å². The largest absolute Gasteiger partial charge is 0.481 e. The lowest BCUT2D eigenvalue weighted by atomic mass is 9.45. The van der Waals surface area contributed by atoms with Crippen LogP contribution in [-0.4, -0.2) is 40.9 Å². The summed E-state index contributed by atoms with van der Waals surface area (Å²) >= 11 is 0. The molecule has 1 spiro atoms. The van der Waals surface area contributed by atoms with E-state index in [1.54, 1.807) is 0 Å². The number of carboxylic acids is 1. The number of nitrogens with zero attached hydrogens (tertiary/aromatic N) is 1. The molecule has 2 saturated heterocycles. The number of piperidine rings is 1. The first kappa shape index (κ1) is 15.9. The number of fused-ring (bicyclic) bond motifs is 1. The van der Waals surface area contributed by atoms with Gasteiger partial charge in [-0.1, -0.05) is 25.0 Å². The van der Waals surface area contributed by atoms with Crippen molar-refractivity contribution >= 4 is 11.8 Å². The van der Waals surface area contributed by atoms with Gasteiger partial charge in [-0.2, -0.15) is 0 Å². The number of carbonyl (C=O) groups excluding carboxylic acids is 1. The van der Waals surface area contributed by atoms with E-state index in [4.69, 9.17) is 0 Å². The zero-order valence-corrected chi connectivity index (χ0v) is 15.8. The van der Waals surface area contributed by atoms with Crippen molar-refractivity contribution in [2.24, 2.45) is 40.4 Å². The summed E-state index contributed by atoms with van der Waals surface area (Å²) in [5, 5.41) is 9.99. The van der Waals surface area contributed by atoms with Gasteiger partial charge in [0.1, 0.15) is 5.78 Å². The summed E-state index contributed by atoms with van der Waals surface area (Å²) < 4.78 is 0. The van der Waals surface area contributed by atoms with E-state index in [0.29, 0.717) is 30.1 Å². The molecule has 2 bridgehead atoms. The number of hydrogen-bond donors (Lipinski definition) is 1. The molecule has 8 atom stereocenters. The van der Waals surface area contributed by atoms with Gasteiger partial charge >= 0.3 is 5.97 Å². The van der Waals surface area contributed by atoms with Crippen molar-refractivity contribution in [1.29, 1.82) is 0 Å². The third-order valence-corrected chi connectivity index (χ3v) is 9.89. The van der Waals surface area contributed by atoms with Gasteiger partial charge in [0, 0.05) is 30.5 Å². The molecule has 4 heteroatoms. The summed E-state index contributed by atoms with van der Waals surface area (Å²) in [5.41, 5.74) is 2.32. The standard InChI is InChI=1S/C22H29NO3/c1-11-9-23-10-13-5-3-12-4-6-14-16(20(25)26)8-22(18(12)14)19(24)15(11)7-17(23)21(13,22)2/h11,13-17H,3-10H2,1-2H3,(H,25,26). The number of allylic oxidation sites excluding steroid dienone is 2. The minimum Gasteiger partial charge on any atom is -0.481 e. The summed E-state index contributed by atoms with van der Waals surface area (Å²) in [7, 11) is 0. The Kier molecular flexibility index (Phi) is 2.82. The molecule has 0 amide bonds. The first-order valence-corrected chi connectivity index (χ1v) is 10.6. The van der Waals surface area contributed by atoms with E-state index in [0.717, 1.165) is 38.8 Å². The van der Waals surface area contributed by atoms with Gasteiger partial charge in [-0.15, -0.1) is 0 Å². The number of Topliss-reactive ketones (excluding diaryl/α,β-unsaturated/α-hetero) is 1. The van der Waals surface area contributed by atoms with Gasteiger partial charge in [0.05, 0.1) is 11.3 Å². The van der Waals surface area contributed by atoms with E-state index in [-0.39, 0.29) is 23.2 Å². The zero-order chi connectivity index (χ0) is 18.0. The van der Waals surface area contributed by atoms with Crippen molar-refractivity contribution in [2.75, 3.05) is 13.1 Å². The Morgan fingerprint density at radius 2 is 1.96 bits per heavy atom. The smallest absolute Gasteiger partial charge is 0.307 e. The molecule has 0 aromatic heterocycles. The second-order valence-electron chi connectivity index (χ2n) is 10.4. The summed E-state index contributed by atoms with van der Waals surface area (Å²) in [6.45, 7) is 6.82. The highest BCUT2D eigenvalue weighted by Gasteiger charge is 2.76. The maximum atomic E-state index is 14.1. The molecule has 26 heavy (non-hydrogen) atoms. The molecular formula is C22H29NO3. The minimum atomic E-state index is -0.669. The highest BCUT2D eigenvalue weighted by molar-refractivity contribution is 5.95. The predicted molar refractivity (Wildman–Crippen MR) is 96.4 cm³/mol. The van der Waals surface area contributed by atoms with Crippen LogP contribution >= 0.6 is 0 Å². The Bertz CT molecular complexity index is 771. The van der Waals surface area contributed by atoms with Gasteiger partial charge in [0.25, 0.3) is 0 Å². The lowest BCUT2D eigenvalue weighted by Crippen LogP contribution is -2.64. The SMILES string of the molecule is CC1CN2CC3CCC4=C5C(CC4)C(C(=O)O)CC54C(=O)C1CC2C34C. The lowest BCUT2D eigenvalue weighted by Gasteiger charge is -2.59. The molecule has 2 aliphatic heterocycles. The average Bonchev–Trinajstić information content (AvgIpc) is 3.21. The van der Waals surface area contributed by atoms with Gasteiger partial charge < -0.3 is 5.11 Å². The highest BCUT2D eigenvalue weighted by atomic mass is 16.4. The van der Waals surface area contributed by atoms with Gasteiger partial charge in [0.15, 0.2) is 0 Å². The van der Waals surface area contributed by atoms with Gasteiger partial charge in [-0.3, -0.25) is 14.5 Å². The maximum Gasteiger partial charge on any atom is 0.307 e. The monoisotopic (exact) mass is 355 g/mol. The van der Waals surface area contributed by atoms with Crippen LogP contribution in [0.2, 0.25) is 0 Å². The van der Waals surface area contributed by atoms with Gasteiger partial charge in [-0.05, 0) is 56.3 Å². The Morgan fingerprint density at radius 3 is 2.73 bits per heavy atom. The molecule has 4 fully saturated rings. The van der Waals surface area contributed by atoms with Gasteiger partial charge in [-0.25, -0.2) is 0 Å². The average molecular weight is 355 g/mol. The Balaban J connectivity index is 1.65. The zero-order valence-electron chi connectivity index (χ0n) is 15.8. The fourth-order valence-electron chi connectivity index (χ4n) is 8.87. The van der Waals surface area contributed by atoms with Gasteiger partial charge in [0.2, 0.25) is 0 Å². The van der Waals surface area contributed by atoms with E-state index in [1.807, 2.05) is 0 Å². The number of carbonyl (C=O) groups is 2. The molecule has 6 aliphatic rings. The second-order valence-corrected chi connectivity index (χ2v) is 10.4. The Morgan fingerprint density at radius 1 is 1.19 bits per heavy atom. The molecule has 0 radical (unpaired) electrons. The molecule has 4 nitrogen and oxygen atoms in total. The van der Waals surface area contributed by atoms with Crippen molar-refractivity contribution in [3.63, 3.8) is 0 Å². The second kappa shape index (κ2) is 4.63. The molecular weight excluding hydrogens is 326 g/mol. The topological polar surface area (TPSA) is 57.6 Å². The van der Waals surface area contributed by atoms with Crippen molar-refractivity contribution in [3.05, 3.63) is 11.1 Å². The van der Waals surface area contributed by atoms with Crippen LogP contribution in [0.15, 0.2) is 11.1 Å². The number of ketones is 1. The van der Waals surface area contributed by atoms with Crippen molar-refractivity contribution in [1.82, 2.24) is 4.90 Å². The van der Waals surface area contributed by atoms with Crippen LogP contribution in [0.1, 0.15) is 52.4 Å². The quantitative estimate of drug-likeness (QED) is 0.734. The summed E-state index contributed by atoms with van der Waals surface area (Å²) in [4.78, 5) is 29.0. The number of aliphatic carboxylic acids is 1. The molecule has 1 N–H and O–H groups in total. The molecule has 8 unspecified atom stereocenters. The van der Waals surface area contributed by atoms with Crippen LogP contribution in [-0.2, 0) is 9.59 Å². The van der Waals surface area contributed by atoms with E-state index in [9.17, 15) is 14.7 Å². The fraction of sp³-hybridized carbons (Fsp3) is 0.818. The summed E-state index contributed by atoms with van der Waals surface area (Å²) in [6.07, 6.45) is 5.91. The lowest BCUT2D eigenvalue weighted by molar-refractivity contribution is -0.158. The normalized spacial score (nSPS) is 54.5. The molecule has 0 aromatic carbocycles. The van der Waals surface area contributed by atoms with Crippen LogP contribution < -0.4 is 0 Å². The van der Waals surface area contributed by atoms with E-state index >= 15 is 0 Å². The number of carboxylic acid groups (broad SMARTS) is 1. The van der Waals surface area contributed by atoms with Crippen LogP contribution in [0.5, 0.6) is 0 Å². The molecule has 4 aliphatic carbocycles. The van der Waals surface area contributed by atoms with Crippen LogP contribution in [0.3, 0.4) is 0 Å². The third kappa shape index (κ3) is 1.44. The molecule has 2 heterocycles. The Hall–Kier alpha value is -1.16. The van der Waals surface area contributed by atoms with Crippen LogP contribution in [0, 0.1) is 40.4 Å². The third-order valence-electron chi connectivity index (χ3n) is 9.89. The maximum absolute atomic E-state index is 14.1. The first-order chi connectivity index (χ1) is 12.4.